The molecule has 6 heteroatoms. The molecule has 0 aromatic carbocycles. The number of hydrogen-bond acceptors (Lipinski definition) is 5. The monoisotopic (exact) mass is 385 g/mol. The Morgan fingerprint density at radius 3 is 2.69 bits per heavy atom. The normalized spacial score (nSPS) is 17.2. The zero-order valence-electron chi connectivity index (χ0n) is 16.3. The van der Waals surface area contributed by atoms with Crippen LogP contribution in [0.15, 0.2) is 42.9 Å². The van der Waals surface area contributed by atoms with Crippen molar-refractivity contribution in [3.8, 4) is 17.2 Å². The molecule has 3 aromatic rings. The summed E-state index contributed by atoms with van der Waals surface area (Å²) in [6.07, 6.45) is 12.3. The van der Waals surface area contributed by atoms with Crippen molar-refractivity contribution >= 4 is 16.9 Å². The first-order chi connectivity index (χ1) is 14.3. The Hall–Kier alpha value is -3.17. The first kappa shape index (κ1) is 17.9. The zero-order chi connectivity index (χ0) is 19.6. The lowest BCUT2D eigenvalue weighted by Crippen LogP contribution is -2.29. The Labute approximate surface area is 170 Å². The molecule has 0 unspecified atom stereocenters. The zero-order valence-corrected chi connectivity index (χ0v) is 16.3. The van der Waals surface area contributed by atoms with Gasteiger partial charge in [0.25, 0.3) is 0 Å². The summed E-state index contributed by atoms with van der Waals surface area (Å²) in [5.41, 5.74) is 5.77. The van der Waals surface area contributed by atoms with Gasteiger partial charge < -0.3 is 9.64 Å². The predicted molar refractivity (Wildman–Crippen MR) is 113 cm³/mol. The van der Waals surface area contributed by atoms with E-state index in [1.165, 1.54) is 24.8 Å². The highest BCUT2D eigenvalue weighted by Crippen LogP contribution is 2.32. The fourth-order valence-electron chi connectivity index (χ4n) is 4.24. The molecule has 1 saturated heterocycles. The summed E-state index contributed by atoms with van der Waals surface area (Å²) >= 11 is 0. The van der Waals surface area contributed by atoms with Gasteiger partial charge in [-0.2, -0.15) is 10.4 Å². The summed E-state index contributed by atoms with van der Waals surface area (Å²) in [4.78, 5) is 7.10. The van der Waals surface area contributed by atoms with Crippen molar-refractivity contribution < 1.29 is 4.74 Å². The summed E-state index contributed by atoms with van der Waals surface area (Å²) in [7, 11) is 0. The second kappa shape index (κ2) is 7.69. The van der Waals surface area contributed by atoms with E-state index in [9.17, 15) is 5.26 Å². The molecule has 5 heterocycles. The van der Waals surface area contributed by atoms with Crippen LogP contribution < -0.4 is 4.90 Å². The highest BCUT2D eigenvalue weighted by atomic mass is 16.5. The van der Waals surface area contributed by atoms with Crippen LogP contribution in [0.2, 0.25) is 0 Å². The fraction of sp³-hybridized carbons (Fsp3) is 0.348. The summed E-state index contributed by atoms with van der Waals surface area (Å²) in [6, 6.07) is 8.65. The Morgan fingerprint density at radius 2 is 1.97 bits per heavy atom. The second-order valence-electron chi connectivity index (χ2n) is 7.61. The number of fused-ring (bicyclic) bond motifs is 1. The Morgan fingerprint density at radius 1 is 1.07 bits per heavy atom. The van der Waals surface area contributed by atoms with E-state index >= 15 is 0 Å². The van der Waals surface area contributed by atoms with E-state index in [2.05, 4.69) is 40.3 Å². The van der Waals surface area contributed by atoms with E-state index in [-0.39, 0.29) is 0 Å². The van der Waals surface area contributed by atoms with Crippen LogP contribution in [-0.4, -0.2) is 40.9 Å². The number of piperidine rings is 1. The number of ether oxygens (including phenoxy) is 1. The van der Waals surface area contributed by atoms with Gasteiger partial charge in [0.15, 0.2) is 0 Å². The molecule has 3 aromatic heterocycles. The summed E-state index contributed by atoms with van der Waals surface area (Å²) < 4.78 is 7.28. The van der Waals surface area contributed by atoms with E-state index in [1.807, 2.05) is 16.9 Å². The number of aromatic nitrogens is 3. The van der Waals surface area contributed by atoms with Crippen LogP contribution in [0.5, 0.6) is 0 Å². The minimum atomic E-state index is 0.576. The molecular formula is C23H23N5O. The summed E-state index contributed by atoms with van der Waals surface area (Å²) in [5.74, 6) is 1.03. The molecule has 0 N–H and O–H groups in total. The molecule has 6 nitrogen and oxygen atoms in total. The third-order valence-corrected chi connectivity index (χ3v) is 5.81. The third kappa shape index (κ3) is 3.39. The fourth-order valence-corrected chi connectivity index (χ4v) is 4.24. The van der Waals surface area contributed by atoms with Gasteiger partial charge in [0.05, 0.1) is 30.5 Å². The van der Waals surface area contributed by atoms with Gasteiger partial charge in [0, 0.05) is 36.6 Å². The highest BCUT2D eigenvalue weighted by molar-refractivity contribution is 5.87. The molecule has 0 radical (unpaired) electrons. The van der Waals surface area contributed by atoms with Gasteiger partial charge in [-0.1, -0.05) is 6.08 Å². The third-order valence-electron chi connectivity index (χ3n) is 5.81. The smallest absolute Gasteiger partial charge is 0.128 e. The van der Waals surface area contributed by atoms with E-state index in [4.69, 9.17) is 9.72 Å². The van der Waals surface area contributed by atoms with Gasteiger partial charge in [-0.25, -0.2) is 9.50 Å². The number of anilines is 1. The Balaban J connectivity index is 1.59. The van der Waals surface area contributed by atoms with Crippen LogP contribution in [0.25, 0.3) is 22.2 Å². The number of nitriles is 1. The number of pyridine rings is 2. The maximum atomic E-state index is 9.57. The van der Waals surface area contributed by atoms with E-state index in [0.717, 1.165) is 54.1 Å². The number of rotatable bonds is 3. The Kier molecular flexibility index (Phi) is 4.74. The highest BCUT2D eigenvalue weighted by Gasteiger charge is 2.17. The molecule has 0 bridgehead atoms. The SMILES string of the molecule is N#Cc1cnn2cc(C3=CCOCC3)cc(-c3ccc(N4CCCCC4)nc3)c12. The maximum absolute atomic E-state index is 9.57. The minimum Gasteiger partial charge on any atom is -0.377 e. The van der Waals surface area contributed by atoms with Gasteiger partial charge in [0.2, 0.25) is 0 Å². The van der Waals surface area contributed by atoms with Crippen molar-refractivity contribution in [1.82, 2.24) is 14.6 Å². The predicted octanol–water partition coefficient (Wildman–Crippen LogP) is 4.06. The molecule has 0 amide bonds. The minimum absolute atomic E-state index is 0.576. The molecule has 0 spiro atoms. The van der Waals surface area contributed by atoms with Crippen LogP contribution >= 0.6 is 0 Å². The Bertz CT molecular complexity index is 1100. The van der Waals surface area contributed by atoms with Crippen LogP contribution in [0, 0.1) is 11.3 Å². The largest absolute Gasteiger partial charge is 0.377 e. The van der Waals surface area contributed by atoms with Gasteiger partial charge in [-0.3, -0.25) is 0 Å². The molecular weight excluding hydrogens is 362 g/mol. The van der Waals surface area contributed by atoms with Crippen LogP contribution in [-0.2, 0) is 4.74 Å². The van der Waals surface area contributed by atoms with Gasteiger partial charge in [-0.15, -0.1) is 0 Å². The first-order valence-electron chi connectivity index (χ1n) is 10.2. The van der Waals surface area contributed by atoms with Gasteiger partial charge in [0.1, 0.15) is 11.9 Å². The lowest BCUT2D eigenvalue weighted by Gasteiger charge is -2.27. The standard InChI is InChI=1S/C23H23N5O/c24-13-20-15-26-28-16-19(17-6-10-29-11-7-17)12-21(23(20)28)18-4-5-22(25-14-18)27-8-2-1-3-9-27/h4-6,12,14-16H,1-3,7-11H2. The molecule has 1 fully saturated rings. The number of hydrogen-bond donors (Lipinski definition) is 0. The maximum Gasteiger partial charge on any atom is 0.128 e. The lowest BCUT2D eigenvalue weighted by atomic mass is 9.98. The van der Waals surface area contributed by atoms with E-state index in [1.54, 1.807) is 6.20 Å². The van der Waals surface area contributed by atoms with E-state index in [0.29, 0.717) is 12.2 Å². The van der Waals surface area contributed by atoms with Gasteiger partial charge >= 0.3 is 0 Å². The van der Waals surface area contributed by atoms with Crippen molar-refractivity contribution in [1.29, 1.82) is 5.26 Å². The topological polar surface area (TPSA) is 66.5 Å². The molecule has 146 valence electrons. The van der Waals surface area contributed by atoms with Crippen molar-refractivity contribution in [2.75, 3.05) is 31.2 Å². The summed E-state index contributed by atoms with van der Waals surface area (Å²) in [6.45, 7) is 3.51. The van der Waals surface area contributed by atoms with Crippen molar-refractivity contribution in [2.24, 2.45) is 0 Å². The van der Waals surface area contributed by atoms with Crippen LogP contribution in [0.3, 0.4) is 0 Å². The van der Waals surface area contributed by atoms with Crippen LogP contribution in [0.1, 0.15) is 36.8 Å². The quantitative estimate of drug-likeness (QED) is 0.680. The molecule has 0 atom stereocenters. The summed E-state index contributed by atoms with van der Waals surface area (Å²) in [5, 5.41) is 14.0. The molecule has 2 aliphatic rings. The molecule has 2 aliphatic heterocycles. The molecule has 29 heavy (non-hydrogen) atoms. The average molecular weight is 385 g/mol. The molecule has 5 rings (SSSR count). The van der Waals surface area contributed by atoms with Crippen molar-refractivity contribution in [3.05, 3.63) is 54.0 Å². The van der Waals surface area contributed by atoms with Crippen molar-refractivity contribution in [2.45, 2.75) is 25.7 Å². The van der Waals surface area contributed by atoms with Crippen LogP contribution in [0.4, 0.5) is 5.82 Å². The second-order valence-corrected chi connectivity index (χ2v) is 7.61. The van der Waals surface area contributed by atoms with Gasteiger partial charge in [-0.05, 0) is 55.0 Å². The lowest BCUT2D eigenvalue weighted by molar-refractivity contribution is 0.161. The molecule has 0 saturated carbocycles. The average Bonchev–Trinajstić information content (AvgIpc) is 3.23. The van der Waals surface area contributed by atoms with E-state index < -0.39 is 0 Å². The van der Waals surface area contributed by atoms with Crippen molar-refractivity contribution in [3.63, 3.8) is 0 Å². The first-order valence-corrected chi connectivity index (χ1v) is 10.2. The number of nitrogens with zero attached hydrogens (tertiary/aromatic N) is 5. The molecule has 0 aliphatic carbocycles.